The Morgan fingerprint density at radius 2 is 1.82 bits per heavy atom. The summed E-state index contributed by atoms with van der Waals surface area (Å²) >= 11 is 6.17. The van der Waals surface area contributed by atoms with Gasteiger partial charge in [-0.1, -0.05) is 12.5 Å². The summed E-state index contributed by atoms with van der Waals surface area (Å²) in [4.78, 5) is 36.8. The van der Waals surface area contributed by atoms with Crippen LogP contribution in [0.5, 0.6) is 0 Å². The fraction of sp³-hybridized carbons (Fsp3) is 0.792. The molecular formula is C24H33ClO9. The highest BCUT2D eigenvalue weighted by Gasteiger charge is 2.76. The van der Waals surface area contributed by atoms with E-state index in [-0.39, 0.29) is 12.0 Å². The van der Waals surface area contributed by atoms with E-state index in [1.807, 2.05) is 6.92 Å². The van der Waals surface area contributed by atoms with E-state index in [1.165, 1.54) is 20.8 Å². The lowest BCUT2D eigenvalue weighted by Gasteiger charge is -2.55. The van der Waals surface area contributed by atoms with Crippen LogP contribution in [0.2, 0.25) is 0 Å². The molecule has 0 aromatic rings. The number of hydrogen-bond acceptors (Lipinski definition) is 9. The van der Waals surface area contributed by atoms with Gasteiger partial charge in [0, 0.05) is 37.5 Å². The lowest BCUT2D eigenvalue weighted by molar-refractivity contribution is -0.224. The molecule has 2 N–H and O–H groups in total. The number of alkyl halides is 1. The molecule has 10 heteroatoms. The van der Waals surface area contributed by atoms with Crippen LogP contribution in [0.25, 0.3) is 0 Å². The summed E-state index contributed by atoms with van der Waals surface area (Å²) in [5.74, 6) is -3.50. The van der Waals surface area contributed by atoms with Gasteiger partial charge in [0.05, 0.1) is 23.7 Å². The van der Waals surface area contributed by atoms with E-state index in [0.717, 1.165) is 0 Å². The number of carbonyl (C=O) groups is 3. The number of allylic oxidation sites excluding steroid dienone is 1. The standard InChI is InChI=1S/C24H33ClO9/c1-11-21(29)33-18-8-14(10-25)6-7-15(31-12(2)26)22(4)16(32-13(3)27)9-17-23(5,34-17)19(22)20(28)24(11,18)30/h8,11,15-20,28,30H,6-7,9-10H2,1-5H3/b14-8+/t11-,15-,16-,17-,18-,19+,20-,22-,23-,24-/m0/s1. The fourth-order valence-electron chi connectivity index (χ4n) is 6.57. The first-order chi connectivity index (χ1) is 15.8. The van der Waals surface area contributed by atoms with Gasteiger partial charge in [-0.15, -0.1) is 11.6 Å². The van der Waals surface area contributed by atoms with E-state index >= 15 is 0 Å². The molecule has 0 amide bonds. The second kappa shape index (κ2) is 8.47. The Kier molecular flexibility index (Phi) is 6.33. The summed E-state index contributed by atoms with van der Waals surface area (Å²) in [6.07, 6.45) is -1.93. The van der Waals surface area contributed by atoms with E-state index < -0.39 is 70.8 Å². The van der Waals surface area contributed by atoms with Crippen molar-refractivity contribution >= 4 is 29.5 Å². The molecule has 0 aromatic carbocycles. The van der Waals surface area contributed by atoms with Crippen molar-refractivity contribution in [2.75, 3.05) is 5.88 Å². The first-order valence-electron chi connectivity index (χ1n) is 11.7. The monoisotopic (exact) mass is 500 g/mol. The van der Waals surface area contributed by atoms with Gasteiger partial charge < -0.3 is 29.2 Å². The molecule has 4 aliphatic rings. The van der Waals surface area contributed by atoms with Gasteiger partial charge >= 0.3 is 17.9 Å². The van der Waals surface area contributed by atoms with Crippen molar-refractivity contribution in [2.24, 2.45) is 17.3 Å². The summed E-state index contributed by atoms with van der Waals surface area (Å²) in [6.45, 7) is 7.71. The SMILES string of the molecule is CC(=O)O[C@H]1CC/C(CCl)=C\[C@@H]2OC(=O)[C@H](C)[C@@]2(O)[C@@H](O)[C@H]2[C@@]3(C)O[C@H]3C[C@H](OC(C)=O)[C@]12C. The number of epoxide rings is 1. The van der Waals surface area contributed by atoms with E-state index in [4.69, 9.17) is 30.5 Å². The lowest BCUT2D eigenvalue weighted by Crippen LogP contribution is -2.68. The predicted molar refractivity (Wildman–Crippen MR) is 119 cm³/mol. The lowest BCUT2D eigenvalue weighted by atomic mass is 9.53. The van der Waals surface area contributed by atoms with Gasteiger partial charge in [0.25, 0.3) is 0 Å². The number of aliphatic hydroxyl groups is 2. The molecular weight excluding hydrogens is 468 g/mol. The van der Waals surface area contributed by atoms with E-state index in [1.54, 1.807) is 13.0 Å². The van der Waals surface area contributed by atoms with Gasteiger partial charge in [-0.3, -0.25) is 14.4 Å². The molecule has 190 valence electrons. The Bertz CT molecular complexity index is 920. The maximum Gasteiger partial charge on any atom is 0.312 e. The molecule has 2 heterocycles. The Balaban J connectivity index is 1.93. The Labute approximate surface area is 203 Å². The maximum absolute atomic E-state index is 12.6. The average molecular weight is 501 g/mol. The third kappa shape index (κ3) is 3.67. The first kappa shape index (κ1) is 25.4. The van der Waals surface area contributed by atoms with Crippen LogP contribution in [0.1, 0.15) is 53.9 Å². The molecule has 0 bridgehead atoms. The molecule has 9 nitrogen and oxygen atoms in total. The third-order valence-corrected chi connectivity index (χ3v) is 8.86. The quantitative estimate of drug-likeness (QED) is 0.195. The van der Waals surface area contributed by atoms with Gasteiger partial charge in [-0.05, 0) is 32.8 Å². The maximum atomic E-state index is 12.6. The van der Waals surface area contributed by atoms with Crippen LogP contribution in [-0.4, -0.2) is 75.7 Å². The Morgan fingerprint density at radius 3 is 2.41 bits per heavy atom. The number of halogens is 1. The molecule has 2 saturated heterocycles. The molecule has 0 unspecified atom stereocenters. The fourth-order valence-corrected chi connectivity index (χ4v) is 6.79. The highest BCUT2D eigenvalue weighted by atomic mass is 35.5. The Hall–Kier alpha value is -1.68. The van der Waals surface area contributed by atoms with E-state index in [0.29, 0.717) is 24.8 Å². The number of rotatable bonds is 3. The summed E-state index contributed by atoms with van der Waals surface area (Å²) < 4.78 is 23.1. The first-order valence-corrected chi connectivity index (χ1v) is 12.2. The largest absolute Gasteiger partial charge is 0.462 e. The zero-order valence-corrected chi connectivity index (χ0v) is 20.8. The van der Waals surface area contributed by atoms with Crippen LogP contribution in [0, 0.1) is 17.3 Å². The predicted octanol–water partition coefficient (Wildman–Crippen LogP) is 1.65. The highest BCUT2D eigenvalue weighted by Crippen LogP contribution is 2.64. The Morgan fingerprint density at radius 1 is 1.21 bits per heavy atom. The van der Waals surface area contributed by atoms with Crippen molar-refractivity contribution in [3.8, 4) is 0 Å². The van der Waals surface area contributed by atoms with Crippen molar-refractivity contribution in [2.45, 2.75) is 95.6 Å². The zero-order valence-electron chi connectivity index (χ0n) is 20.1. The van der Waals surface area contributed by atoms with Crippen LogP contribution in [-0.2, 0) is 33.3 Å². The normalized spacial score (nSPS) is 49.4. The van der Waals surface area contributed by atoms with Gasteiger partial charge in [0.15, 0.2) is 6.10 Å². The smallest absolute Gasteiger partial charge is 0.312 e. The molecule has 1 saturated carbocycles. The van der Waals surface area contributed by atoms with Gasteiger partial charge in [-0.2, -0.15) is 0 Å². The second-order valence-electron chi connectivity index (χ2n) is 10.5. The molecule has 4 rings (SSSR count). The van der Waals surface area contributed by atoms with Crippen LogP contribution < -0.4 is 0 Å². The molecule has 3 fully saturated rings. The van der Waals surface area contributed by atoms with Crippen molar-refractivity contribution in [3.05, 3.63) is 11.6 Å². The van der Waals surface area contributed by atoms with Crippen LogP contribution >= 0.6 is 11.6 Å². The number of fused-ring (bicyclic) bond motifs is 4. The molecule has 0 spiro atoms. The van der Waals surface area contributed by atoms with Crippen molar-refractivity contribution in [1.82, 2.24) is 0 Å². The minimum atomic E-state index is -2.00. The summed E-state index contributed by atoms with van der Waals surface area (Å²) in [6, 6.07) is 0. The average Bonchev–Trinajstić information content (AvgIpc) is 3.35. The molecule has 2 aliphatic heterocycles. The topological polar surface area (TPSA) is 132 Å². The molecule has 34 heavy (non-hydrogen) atoms. The van der Waals surface area contributed by atoms with Crippen LogP contribution in [0.3, 0.4) is 0 Å². The molecule has 0 radical (unpaired) electrons. The number of carbonyl (C=O) groups excluding carboxylic acids is 3. The van der Waals surface area contributed by atoms with Crippen molar-refractivity contribution in [3.63, 3.8) is 0 Å². The van der Waals surface area contributed by atoms with Crippen LogP contribution in [0.15, 0.2) is 11.6 Å². The number of esters is 3. The van der Waals surface area contributed by atoms with E-state index in [9.17, 15) is 24.6 Å². The number of hydrogen-bond donors (Lipinski definition) is 2. The van der Waals surface area contributed by atoms with Crippen molar-refractivity contribution in [1.29, 1.82) is 0 Å². The number of aliphatic hydroxyl groups excluding tert-OH is 1. The summed E-state index contributed by atoms with van der Waals surface area (Å²) in [7, 11) is 0. The minimum Gasteiger partial charge on any atom is -0.462 e. The summed E-state index contributed by atoms with van der Waals surface area (Å²) in [5.41, 5.74) is -3.38. The minimum absolute atomic E-state index is 0.0951. The van der Waals surface area contributed by atoms with Gasteiger partial charge in [0.1, 0.15) is 17.8 Å². The van der Waals surface area contributed by atoms with E-state index in [2.05, 4.69) is 0 Å². The van der Waals surface area contributed by atoms with Gasteiger partial charge in [-0.25, -0.2) is 0 Å². The molecule has 0 aromatic heterocycles. The highest BCUT2D eigenvalue weighted by molar-refractivity contribution is 6.19. The van der Waals surface area contributed by atoms with Crippen LogP contribution in [0.4, 0.5) is 0 Å². The van der Waals surface area contributed by atoms with Gasteiger partial charge in [0.2, 0.25) is 0 Å². The third-order valence-electron chi connectivity index (χ3n) is 8.52. The second-order valence-corrected chi connectivity index (χ2v) is 10.7. The zero-order chi connectivity index (χ0) is 25.2. The van der Waals surface area contributed by atoms with Crippen molar-refractivity contribution < 1.29 is 43.5 Å². The number of ether oxygens (including phenoxy) is 4. The molecule has 2 aliphatic carbocycles. The summed E-state index contributed by atoms with van der Waals surface area (Å²) in [5, 5.41) is 23.9. The molecule has 10 atom stereocenters.